The third-order valence-electron chi connectivity index (χ3n) is 6.02. The summed E-state index contributed by atoms with van der Waals surface area (Å²) < 4.78 is 26.2. The average molecular weight is 595 g/mol. The third-order valence-corrected chi connectivity index (χ3v) is 8.34. The van der Waals surface area contributed by atoms with E-state index in [1.807, 2.05) is 0 Å². The first-order valence-electron chi connectivity index (χ1n) is 11.3. The molecule has 36 heavy (non-hydrogen) atoms. The Labute approximate surface area is 231 Å². The van der Waals surface area contributed by atoms with Gasteiger partial charge in [-0.3, -0.25) is 13.9 Å². The predicted octanol–water partition coefficient (Wildman–Crippen LogP) is 5.54. The van der Waals surface area contributed by atoms with Gasteiger partial charge in [0.1, 0.15) is 12.6 Å². The summed E-state index contributed by atoms with van der Waals surface area (Å²) in [7, 11) is -3.90. The van der Waals surface area contributed by atoms with Crippen LogP contribution in [0.5, 0.6) is 0 Å². The van der Waals surface area contributed by atoms with Gasteiger partial charge in [-0.15, -0.1) is 0 Å². The molecule has 12 heteroatoms. The zero-order chi connectivity index (χ0) is 26.6. The highest BCUT2D eigenvalue weighted by atomic mass is 35.5. The molecule has 0 aromatic heterocycles. The van der Waals surface area contributed by atoms with Crippen LogP contribution in [0.2, 0.25) is 20.1 Å². The highest BCUT2D eigenvalue weighted by Gasteiger charge is 2.31. The van der Waals surface area contributed by atoms with Crippen molar-refractivity contribution in [1.82, 2.24) is 10.2 Å². The predicted molar refractivity (Wildman–Crippen MR) is 146 cm³/mol. The zero-order valence-electron chi connectivity index (χ0n) is 19.8. The SMILES string of the molecule is C[C@@H](C(=O)NC1CCCC1)N(Cc1ccc(Cl)c(Cl)c1)C(=O)CN(c1cc(Cl)cc(Cl)c1)S(C)(=O)=O. The van der Waals surface area contributed by atoms with Crippen LogP contribution in [-0.4, -0.2) is 50.0 Å². The smallest absolute Gasteiger partial charge is 0.244 e. The highest BCUT2D eigenvalue weighted by Crippen LogP contribution is 2.28. The summed E-state index contributed by atoms with van der Waals surface area (Å²) in [6.07, 6.45) is 4.83. The molecule has 0 radical (unpaired) electrons. The van der Waals surface area contributed by atoms with Gasteiger partial charge in [-0.1, -0.05) is 65.3 Å². The molecule has 1 saturated carbocycles. The van der Waals surface area contributed by atoms with E-state index in [0.29, 0.717) is 15.6 Å². The van der Waals surface area contributed by atoms with Crippen molar-refractivity contribution < 1.29 is 18.0 Å². The number of anilines is 1. The number of carbonyl (C=O) groups is 2. The summed E-state index contributed by atoms with van der Waals surface area (Å²) in [5, 5.41) is 4.09. The fourth-order valence-electron chi connectivity index (χ4n) is 4.11. The number of benzene rings is 2. The first-order valence-corrected chi connectivity index (χ1v) is 14.7. The number of amides is 2. The molecule has 1 atom stereocenters. The Kier molecular flexibility index (Phi) is 9.80. The van der Waals surface area contributed by atoms with E-state index in [2.05, 4.69) is 5.32 Å². The van der Waals surface area contributed by atoms with E-state index in [0.717, 1.165) is 36.2 Å². The number of rotatable bonds is 9. The molecule has 1 aliphatic carbocycles. The van der Waals surface area contributed by atoms with Crippen LogP contribution in [0.4, 0.5) is 5.69 Å². The van der Waals surface area contributed by atoms with Crippen molar-refractivity contribution in [2.75, 3.05) is 17.1 Å². The molecule has 0 spiro atoms. The fraction of sp³-hybridized carbons (Fsp3) is 0.417. The largest absolute Gasteiger partial charge is 0.352 e. The minimum absolute atomic E-state index is 0.0167. The highest BCUT2D eigenvalue weighted by molar-refractivity contribution is 7.92. The Hall–Kier alpha value is -1.71. The number of hydrogen-bond donors (Lipinski definition) is 1. The standard InChI is InChI=1S/C24H27Cl4N3O4S/c1-15(24(33)29-19-5-3-4-6-19)30(13-16-7-8-21(27)22(28)9-16)23(32)14-31(36(2,34)35)20-11-17(25)10-18(26)12-20/h7-12,15,19H,3-6,13-14H2,1-2H3,(H,29,33)/t15-/m0/s1. The molecule has 0 saturated heterocycles. The molecule has 196 valence electrons. The Morgan fingerprint density at radius 3 is 2.17 bits per heavy atom. The first-order chi connectivity index (χ1) is 16.8. The second-order valence-corrected chi connectivity index (χ2v) is 12.4. The molecule has 1 fully saturated rings. The van der Waals surface area contributed by atoms with Crippen molar-refractivity contribution in [3.63, 3.8) is 0 Å². The van der Waals surface area contributed by atoms with Gasteiger partial charge in [0.15, 0.2) is 0 Å². The molecule has 1 aliphatic rings. The molecule has 0 bridgehead atoms. The van der Waals surface area contributed by atoms with Crippen LogP contribution >= 0.6 is 46.4 Å². The summed E-state index contributed by atoms with van der Waals surface area (Å²) >= 11 is 24.3. The topological polar surface area (TPSA) is 86.8 Å². The second kappa shape index (κ2) is 12.2. The summed E-state index contributed by atoms with van der Waals surface area (Å²) in [5.74, 6) is -0.899. The van der Waals surface area contributed by atoms with Crippen LogP contribution < -0.4 is 9.62 Å². The minimum Gasteiger partial charge on any atom is -0.352 e. The maximum absolute atomic E-state index is 13.6. The molecule has 3 rings (SSSR count). The lowest BCUT2D eigenvalue weighted by molar-refractivity contribution is -0.139. The van der Waals surface area contributed by atoms with Crippen molar-refractivity contribution in [1.29, 1.82) is 0 Å². The monoisotopic (exact) mass is 593 g/mol. The van der Waals surface area contributed by atoms with Gasteiger partial charge in [-0.2, -0.15) is 0 Å². The van der Waals surface area contributed by atoms with E-state index in [1.54, 1.807) is 25.1 Å². The second-order valence-electron chi connectivity index (χ2n) is 8.83. The average Bonchev–Trinajstić information content (AvgIpc) is 3.29. The van der Waals surface area contributed by atoms with Gasteiger partial charge in [0.05, 0.1) is 22.0 Å². The van der Waals surface area contributed by atoms with Crippen molar-refractivity contribution in [3.05, 3.63) is 62.1 Å². The molecule has 2 aromatic rings. The molecular formula is C24H27Cl4N3O4S. The van der Waals surface area contributed by atoms with E-state index < -0.39 is 28.5 Å². The minimum atomic E-state index is -3.90. The lowest BCUT2D eigenvalue weighted by Gasteiger charge is -2.32. The van der Waals surface area contributed by atoms with E-state index in [1.165, 1.54) is 23.1 Å². The maximum atomic E-state index is 13.6. The number of sulfonamides is 1. The molecule has 2 amide bonds. The Balaban J connectivity index is 1.92. The van der Waals surface area contributed by atoms with Crippen LogP contribution in [0.15, 0.2) is 36.4 Å². The van der Waals surface area contributed by atoms with Gasteiger partial charge in [0.25, 0.3) is 0 Å². The summed E-state index contributed by atoms with van der Waals surface area (Å²) in [5.41, 5.74) is 0.774. The van der Waals surface area contributed by atoms with Crippen LogP contribution in [0.1, 0.15) is 38.2 Å². The summed E-state index contributed by atoms with van der Waals surface area (Å²) in [6, 6.07) is 8.35. The fourth-order valence-corrected chi connectivity index (χ4v) is 5.77. The van der Waals surface area contributed by atoms with Crippen molar-refractivity contribution in [3.8, 4) is 0 Å². The van der Waals surface area contributed by atoms with Crippen LogP contribution in [-0.2, 0) is 26.2 Å². The normalized spacial score (nSPS) is 14.9. The quantitative estimate of drug-likeness (QED) is 0.413. The van der Waals surface area contributed by atoms with Gasteiger partial charge in [-0.25, -0.2) is 8.42 Å². The van der Waals surface area contributed by atoms with Crippen molar-refractivity contribution >= 4 is 73.9 Å². The van der Waals surface area contributed by atoms with E-state index in [4.69, 9.17) is 46.4 Å². The summed E-state index contributed by atoms with van der Waals surface area (Å²) in [6.45, 7) is 1.07. The van der Waals surface area contributed by atoms with Crippen molar-refractivity contribution in [2.45, 2.75) is 51.2 Å². The van der Waals surface area contributed by atoms with Gasteiger partial charge in [0.2, 0.25) is 21.8 Å². The molecule has 0 aliphatic heterocycles. The Morgan fingerprint density at radius 1 is 1.00 bits per heavy atom. The molecule has 0 unspecified atom stereocenters. The third kappa shape index (κ3) is 7.65. The number of nitrogens with zero attached hydrogens (tertiary/aromatic N) is 2. The molecular weight excluding hydrogens is 568 g/mol. The molecule has 7 nitrogen and oxygen atoms in total. The number of nitrogens with one attached hydrogen (secondary N) is 1. The molecule has 1 N–H and O–H groups in total. The maximum Gasteiger partial charge on any atom is 0.244 e. The summed E-state index contributed by atoms with van der Waals surface area (Å²) in [4.78, 5) is 28.0. The molecule has 0 heterocycles. The van der Waals surface area contributed by atoms with Gasteiger partial charge < -0.3 is 10.2 Å². The van der Waals surface area contributed by atoms with Crippen LogP contribution in [0.25, 0.3) is 0 Å². The van der Waals surface area contributed by atoms with E-state index in [9.17, 15) is 18.0 Å². The number of carbonyl (C=O) groups excluding carboxylic acids is 2. The zero-order valence-corrected chi connectivity index (χ0v) is 23.6. The van der Waals surface area contributed by atoms with Gasteiger partial charge in [0, 0.05) is 22.6 Å². The van der Waals surface area contributed by atoms with E-state index in [-0.39, 0.29) is 34.2 Å². The van der Waals surface area contributed by atoms with Crippen molar-refractivity contribution in [2.24, 2.45) is 0 Å². The molecule has 2 aromatic carbocycles. The first kappa shape index (κ1) is 28.9. The Morgan fingerprint density at radius 2 is 1.61 bits per heavy atom. The van der Waals surface area contributed by atoms with Gasteiger partial charge >= 0.3 is 0 Å². The van der Waals surface area contributed by atoms with Crippen LogP contribution in [0, 0.1) is 0 Å². The number of hydrogen-bond acceptors (Lipinski definition) is 4. The Bertz CT molecular complexity index is 1220. The van der Waals surface area contributed by atoms with Crippen LogP contribution in [0.3, 0.4) is 0 Å². The lowest BCUT2D eigenvalue weighted by Crippen LogP contribution is -2.52. The van der Waals surface area contributed by atoms with E-state index >= 15 is 0 Å². The lowest BCUT2D eigenvalue weighted by atomic mass is 10.1. The van der Waals surface area contributed by atoms with Gasteiger partial charge in [-0.05, 0) is 55.7 Å². The number of halogens is 4.